The molecule has 2 fully saturated rings. The van der Waals surface area contributed by atoms with Crippen LogP contribution in [0.3, 0.4) is 0 Å². The van der Waals surface area contributed by atoms with Crippen LogP contribution in [0.2, 0.25) is 0 Å². The fourth-order valence-electron chi connectivity index (χ4n) is 3.65. The van der Waals surface area contributed by atoms with Gasteiger partial charge in [-0.3, -0.25) is 0 Å². The number of nitrogens with one attached hydrogen (secondary N) is 1. The second-order valence-corrected chi connectivity index (χ2v) is 6.18. The minimum absolute atomic E-state index is 0.196. The summed E-state index contributed by atoms with van der Waals surface area (Å²) in [6, 6.07) is 2.23. The Hall–Kier alpha value is -1.03. The molecule has 2 saturated carbocycles. The van der Waals surface area contributed by atoms with E-state index >= 15 is 0 Å². The van der Waals surface area contributed by atoms with Crippen LogP contribution in [-0.4, -0.2) is 6.54 Å². The maximum absolute atomic E-state index is 14.0. The van der Waals surface area contributed by atoms with Gasteiger partial charge in [0.05, 0.1) is 0 Å². The summed E-state index contributed by atoms with van der Waals surface area (Å²) in [5.41, 5.74) is 0.281. The van der Waals surface area contributed by atoms with Gasteiger partial charge in [0.25, 0.3) is 0 Å². The Bertz CT molecular complexity index is 493. The van der Waals surface area contributed by atoms with Crippen LogP contribution >= 0.6 is 0 Å². The summed E-state index contributed by atoms with van der Waals surface area (Å²) < 4.78 is 40.6. The van der Waals surface area contributed by atoms with Gasteiger partial charge in [0.15, 0.2) is 17.5 Å². The van der Waals surface area contributed by atoms with Crippen molar-refractivity contribution in [3.63, 3.8) is 0 Å². The fourth-order valence-corrected chi connectivity index (χ4v) is 3.65. The molecule has 0 heterocycles. The molecule has 1 N–H and O–H groups in total. The van der Waals surface area contributed by atoms with Gasteiger partial charge in [-0.15, -0.1) is 0 Å². The Morgan fingerprint density at radius 3 is 2.45 bits per heavy atom. The number of hydrogen-bond donors (Lipinski definition) is 1. The number of hydrogen-bond acceptors (Lipinski definition) is 1. The van der Waals surface area contributed by atoms with Gasteiger partial charge in [-0.1, -0.05) is 13.0 Å². The third kappa shape index (κ3) is 2.46. The summed E-state index contributed by atoms with van der Waals surface area (Å²) in [7, 11) is 0. The Morgan fingerprint density at radius 1 is 1.10 bits per heavy atom. The summed E-state index contributed by atoms with van der Waals surface area (Å²) in [6.45, 7) is 2.80. The van der Waals surface area contributed by atoms with Crippen LogP contribution in [0.5, 0.6) is 0 Å². The van der Waals surface area contributed by atoms with Crippen LogP contribution in [0.1, 0.15) is 44.2 Å². The predicted octanol–water partition coefficient (Wildman–Crippen LogP) is 4.19. The van der Waals surface area contributed by atoms with Crippen molar-refractivity contribution in [1.29, 1.82) is 0 Å². The Kier molecular flexibility index (Phi) is 3.76. The van der Waals surface area contributed by atoms with E-state index in [0.29, 0.717) is 5.92 Å². The summed E-state index contributed by atoms with van der Waals surface area (Å²) in [5.74, 6) is -1.61. The SMILES string of the molecule is CCCNC(c1ccc(F)c(F)c1F)C1CC2CC2C1. The molecule has 0 bridgehead atoms. The van der Waals surface area contributed by atoms with E-state index in [2.05, 4.69) is 5.32 Å². The van der Waals surface area contributed by atoms with Crippen LogP contribution in [0, 0.1) is 35.2 Å². The lowest BCUT2D eigenvalue weighted by Gasteiger charge is -2.27. The highest BCUT2D eigenvalue weighted by Gasteiger charge is 2.48. The second kappa shape index (κ2) is 5.40. The number of fused-ring (bicyclic) bond motifs is 1. The molecule has 3 rings (SSSR count). The van der Waals surface area contributed by atoms with Crippen molar-refractivity contribution in [1.82, 2.24) is 5.32 Å². The van der Waals surface area contributed by atoms with E-state index in [1.54, 1.807) is 0 Å². The molecule has 20 heavy (non-hydrogen) atoms. The fraction of sp³-hybridized carbons (Fsp3) is 0.625. The summed E-state index contributed by atoms with van der Waals surface area (Å²) in [4.78, 5) is 0. The minimum atomic E-state index is -1.35. The third-order valence-electron chi connectivity index (χ3n) is 4.77. The standard InChI is InChI=1S/C16H20F3N/c1-2-5-20-16(11-7-9-6-10(9)8-11)12-3-4-13(17)15(19)14(12)18/h3-4,9-11,16,20H,2,5-8H2,1H3. The lowest BCUT2D eigenvalue weighted by atomic mass is 9.88. The molecule has 3 atom stereocenters. The number of benzene rings is 1. The molecule has 0 radical (unpaired) electrons. The molecule has 0 amide bonds. The van der Waals surface area contributed by atoms with E-state index in [-0.39, 0.29) is 11.6 Å². The molecule has 2 aliphatic carbocycles. The highest BCUT2D eigenvalue weighted by molar-refractivity contribution is 5.25. The number of rotatable bonds is 5. The monoisotopic (exact) mass is 283 g/mol. The predicted molar refractivity (Wildman–Crippen MR) is 71.7 cm³/mol. The maximum atomic E-state index is 14.0. The van der Waals surface area contributed by atoms with Crippen LogP contribution in [-0.2, 0) is 0 Å². The van der Waals surface area contributed by atoms with Crippen LogP contribution < -0.4 is 5.32 Å². The summed E-state index contributed by atoms with van der Waals surface area (Å²) in [6.07, 6.45) is 4.37. The molecule has 3 unspecified atom stereocenters. The first-order valence-electron chi connectivity index (χ1n) is 7.48. The molecule has 1 aromatic carbocycles. The Balaban J connectivity index is 1.86. The van der Waals surface area contributed by atoms with Crippen molar-refractivity contribution in [2.24, 2.45) is 17.8 Å². The first-order valence-corrected chi connectivity index (χ1v) is 7.48. The van der Waals surface area contributed by atoms with E-state index in [1.165, 1.54) is 12.5 Å². The van der Waals surface area contributed by atoms with E-state index in [1.807, 2.05) is 6.92 Å². The van der Waals surface area contributed by atoms with Crippen molar-refractivity contribution in [2.75, 3.05) is 6.54 Å². The van der Waals surface area contributed by atoms with Gasteiger partial charge in [0, 0.05) is 11.6 Å². The van der Waals surface area contributed by atoms with Gasteiger partial charge in [0.2, 0.25) is 0 Å². The zero-order valence-corrected chi connectivity index (χ0v) is 11.6. The highest BCUT2D eigenvalue weighted by Crippen LogP contribution is 2.57. The first kappa shape index (κ1) is 13.9. The molecule has 2 aliphatic rings. The van der Waals surface area contributed by atoms with Gasteiger partial charge < -0.3 is 5.32 Å². The lowest BCUT2D eigenvalue weighted by Crippen LogP contribution is -2.29. The average Bonchev–Trinajstić information content (AvgIpc) is 3.05. The van der Waals surface area contributed by atoms with Crippen molar-refractivity contribution in [2.45, 2.75) is 38.6 Å². The van der Waals surface area contributed by atoms with Gasteiger partial charge in [0.1, 0.15) is 0 Å². The van der Waals surface area contributed by atoms with Gasteiger partial charge in [-0.2, -0.15) is 0 Å². The average molecular weight is 283 g/mol. The van der Waals surface area contributed by atoms with Crippen LogP contribution in [0.25, 0.3) is 0 Å². The molecule has 0 aliphatic heterocycles. The van der Waals surface area contributed by atoms with E-state index in [0.717, 1.165) is 43.7 Å². The molecule has 4 heteroatoms. The zero-order chi connectivity index (χ0) is 14.3. The molecular formula is C16H20F3N. The molecule has 110 valence electrons. The minimum Gasteiger partial charge on any atom is -0.310 e. The van der Waals surface area contributed by atoms with Crippen molar-refractivity contribution in [3.8, 4) is 0 Å². The maximum Gasteiger partial charge on any atom is 0.194 e. The smallest absolute Gasteiger partial charge is 0.194 e. The molecule has 1 aromatic rings. The highest BCUT2D eigenvalue weighted by atomic mass is 19.2. The Labute approximate surface area is 117 Å². The second-order valence-electron chi connectivity index (χ2n) is 6.18. The number of halogens is 3. The Morgan fingerprint density at radius 2 is 1.80 bits per heavy atom. The van der Waals surface area contributed by atoms with Crippen molar-refractivity contribution in [3.05, 3.63) is 35.1 Å². The summed E-state index contributed by atoms with van der Waals surface area (Å²) >= 11 is 0. The largest absolute Gasteiger partial charge is 0.310 e. The van der Waals surface area contributed by atoms with E-state index in [9.17, 15) is 13.2 Å². The molecular weight excluding hydrogens is 263 g/mol. The van der Waals surface area contributed by atoms with Gasteiger partial charge >= 0.3 is 0 Å². The quantitative estimate of drug-likeness (QED) is 0.799. The van der Waals surface area contributed by atoms with Crippen LogP contribution in [0.15, 0.2) is 12.1 Å². The molecule has 0 spiro atoms. The van der Waals surface area contributed by atoms with Crippen molar-refractivity contribution >= 4 is 0 Å². The van der Waals surface area contributed by atoms with Gasteiger partial charge in [-0.05, 0) is 56.0 Å². The first-order chi connectivity index (χ1) is 9.61. The topological polar surface area (TPSA) is 12.0 Å². The van der Waals surface area contributed by atoms with E-state index in [4.69, 9.17) is 0 Å². The van der Waals surface area contributed by atoms with Crippen molar-refractivity contribution < 1.29 is 13.2 Å². The van der Waals surface area contributed by atoms with Crippen LogP contribution in [0.4, 0.5) is 13.2 Å². The van der Waals surface area contributed by atoms with Gasteiger partial charge in [-0.25, -0.2) is 13.2 Å². The zero-order valence-electron chi connectivity index (χ0n) is 11.6. The van der Waals surface area contributed by atoms with E-state index < -0.39 is 17.5 Å². The summed E-state index contributed by atoms with van der Waals surface area (Å²) in [5, 5.41) is 3.33. The lowest BCUT2D eigenvalue weighted by molar-refractivity contribution is 0.326. The molecule has 0 aromatic heterocycles. The third-order valence-corrected chi connectivity index (χ3v) is 4.77. The molecule has 1 nitrogen and oxygen atoms in total. The molecule has 0 saturated heterocycles. The normalized spacial score (nSPS) is 29.3.